The molecule has 5 heteroatoms. The van der Waals surface area contributed by atoms with Crippen LogP contribution in [0.15, 0.2) is 24.3 Å². The van der Waals surface area contributed by atoms with Gasteiger partial charge in [-0.15, -0.1) is 0 Å². The second-order valence-electron chi connectivity index (χ2n) is 4.20. The van der Waals surface area contributed by atoms with Crippen LogP contribution < -0.4 is 9.47 Å². The van der Waals surface area contributed by atoms with E-state index in [9.17, 15) is 0 Å². The Morgan fingerprint density at radius 3 is 2.58 bits per heavy atom. The van der Waals surface area contributed by atoms with E-state index in [1.54, 1.807) is 30.0 Å². The molecule has 0 saturated heterocycles. The molecule has 0 amide bonds. The number of methoxy groups -OCH3 is 1. The molecule has 0 aliphatic heterocycles. The predicted molar refractivity (Wildman–Crippen MR) is 70.0 cm³/mol. The van der Waals surface area contributed by atoms with Gasteiger partial charge in [-0.3, -0.25) is 4.68 Å². The van der Waals surface area contributed by atoms with Gasteiger partial charge in [-0.2, -0.15) is 10.4 Å². The van der Waals surface area contributed by atoms with Crippen molar-refractivity contribution in [2.75, 3.05) is 7.11 Å². The molecule has 0 fully saturated rings. The van der Waals surface area contributed by atoms with E-state index in [0.717, 1.165) is 11.4 Å². The molecule has 98 valence electrons. The summed E-state index contributed by atoms with van der Waals surface area (Å²) in [6.07, 6.45) is 0. The zero-order chi connectivity index (χ0) is 13.8. The van der Waals surface area contributed by atoms with Crippen molar-refractivity contribution in [2.45, 2.75) is 13.5 Å². The summed E-state index contributed by atoms with van der Waals surface area (Å²) in [7, 11) is 3.43. The molecule has 0 spiro atoms. The third kappa shape index (κ3) is 3.05. The lowest BCUT2D eigenvalue weighted by Crippen LogP contribution is -2.03. The van der Waals surface area contributed by atoms with Gasteiger partial charge in [0.05, 0.1) is 30.1 Å². The van der Waals surface area contributed by atoms with E-state index in [0.29, 0.717) is 23.7 Å². The Hall–Kier alpha value is -2.48. The van der Waals surface area contributed by atoms with Crippen molar-refractivity contribution in [3.63, 3.8) is 0 Å². The maximum absolute atomic E-state index is 8.94. The molecule has 2 aromatic rings. The fraction of sp³-hybridized carbons (Fsp3) is 0.286. The minimum atomic E-state index is 0.398. The van der Waals surface area contributed by atoms with E-state index in [2.05, 4.69) is 11.2 Å². The van der Waals surface area contributed by atoms with Crippen LogP contribution in [0.1, 0.15) is 17.0 Å². The number of rotatable bonds is 4. The first kappa shape index (κ1) is 13.0. The summed E-state index contributed by atoms with van der Waals surface area (Å²) in [6.45, 7) is 2.33. The number of ether oxygens (including phenoxy) is 2. The van der Waals surface area contributed by atoms with Crippen LogP contribution in [0.3, 0.4) is 0 Å². The lowest BCUT2D eigenvalue weighted by atomic mass is 10.2. The molecular weight excluding hydrogens is 242 g/mol. The highest BCUT2D eigenvalue weighted by Gasteiger charge is 2.05. The summed E-state index contributed by atoms with van der Waals surface area (Å²) < 4.78 is 12.6. The average molecular weight is 257 g/mol. The average Bonchev–Trinajstić information content (AvgIpc) is 2.74. The van der Waals surface area contributed by atoms with E-state index in [1.165, 1.54) is 0 Å². The Morgan fingerprint density at radius 2 is 2.00 bits per heavy atom. The van der Waals surface area contributed by atoms with Gasteiger partial charge in [-0.25, -0.2) is 0 Å². The van der Waals surface area contributed by atoms with Gasteiger partial charge in [0.2, 0.25) is 0 Å². The second-order valence-corrected chi connectivity index (χ2v) is 4.20. The van der Waals surface area contributed by atoms with Crippen LogP contribution in [0.4, 0.5) is 0 Å². The van der Waals surface area contributed by atoms with E-state index in [1.807, 2.05) is 20.0 Å². The maximum Gasteiger partial charge on any atom is 0.130 e. The largest absolute Gasteiger partial charge is 0.497 e. The molecule has 0 aliphatic carbocycles. The van der Waals surface area contributed by atoms with Crippen LogP contribution in [0.25, 0.3) is 0 Å². The first-order valence-corrected chi connectivity index (χ1v) is 5.84. The Labute approximate surface area is 112 Å². The van der Waals surface area contributed by atoms with Gasteiger partial charge in [0.25, 0.3) is 0 Å². The standard InChI is InChI=1S/C14H15N3O2/c1-10-4-12(17(2)16-10)9-19-14-6-11(8-15)5-13(7-14)18-3/h4-7H,9H2,1-3H3. The van der Waals surface area contributed by atoms with Crippen molar-refractivity contribution in [3.05, 3.63) is 41.2 Å². The highest BCUT2D eigenvalue weighted by molar-refractivity contribution is 5.43. The molecule has 5 nitrogen and oxygen atoms in total. The van der Waals surface area contributed by atoms with Crippen LogP contribution in [0, 0.1) is 18.3 Å². The maximum atomic E-state index is 8.94. The number of nitriles is 1. The summed E-state index contributed by atoms with van der Waals surface area (Å²) >= 11 is 0. The summed E-state index contributed by atoms with van der Waals surface area (Å²) in [5.41, 5.74) is 2.43. The summed E-state index contributed by atoms with van der Waals surface area (Å²) in [6, 6.07) is 9.15. The SMILES string of the molecule is COc1cc(C#N)cc(OCc2cc(C)nn2C)c1. The minimum Gasteiger partial charge on any atom is -0.497 e. The molecular formula is C14H15N3O2. The third-order valence-corrected chi connectivity index (χ3v) is 2.73. The number of hydrogen-bond donors (Lipinski definition) is 0. The van der Waals surface area contributed by atoms with Gasteiger partial charge in [0.1, 0.15) is 18.1 Å². The van der Waals surface area contributed by atoms with Crippen molar-refractivity contribution < 1.29 is 9.47 Å². The molecule has 1 heterocycles. The molecule has 19 heavy (non-hydrogen) atoms. The van der Waals surface area contributed by atoms with E-state index < -0.39 is 0 Å². The van der Waals surface area contributed by atoms with Gasteiger partial charge in [0, 0.05) is 13.1 Å². The number of benzene rings is 1. The van der Waals surface area contributed by atoms with Gasteiger partial charge in [-0.1, -0.05) is 0 Å². The highest BCUT2D eigenvalue weighted by Crippen LogP contribution is 2.23. The molecule has 1 aromatic heterocycles. The van der Waals surface area contributed by atoms with Gasteiger partial charge in [-0.05, 0) is 25.1 Å². The fourth-order valence-electron chi connectivity index (χ4n) is 1.79. The monoisotopic (exact) mass is 257 g/mol. The number of nitrogens with zero attached hydrogens (tertiary/aromatic N) is 3. The Balaban J connectivity index is 2.15. The summed E-state index contributed by atoms with van der Waals surface area (Å²) in [5, 5.41) is 13.2. The van der Waals surface area contributed by atoms with Crippen LogP contribution in [0.2, 0.25) is 0 Å². The minimum absolute atomic E-state index is 0.398. The first-order valence-electron chi connectivity index (χ1n) is 5.84. The normalized spacial score (nSPS) is 10.0. The van der Waals surface area contributed by atoms with Gasteiger partial charge in [0.15, 0.2) is 0 Å². The second kappa shape index (κ2) is 5.44. The van der Waals surface area contributed by atoms with Crippen LogP contribution >= 0.6 is 0 Å². The van der Waals surface area contributed by atoms with Crippen LogP contribution in [-0.2, 0) is 13.7 Å². The Kier molecular flexibility index (Phi) is 3.71. The van der Waals surface area contributed by atoms with Crippen molar-refractivity contribution >= 4 is 0 Å². The highest BCUT2D eigenvalue weighted by atomic mass is 16.5. The van der Waals surface area contributed by atoms with Crippen molar-refractivity contribution in [2.24, 2.45) is 7.05 Å². The zero-order valence-electron chi connectivity index (χ0n) is 11.2. The van der Waals surface area contributed by atoms with Crippen molar-refractivity contribution in [1.29, 1.82) is 5.26 Å². The van der Waals surface area contributed by atoms with Crippen molar-refractivity contribution in [1.82, 2.24) is 9.78 Å². The lowest BCUT2D eigenvalue weighted by Gasteiger charge is -2.08. The third-order valence-electron chi connectivity index (χ3n) is 2.73. The Bertz CT molecular complexity index is 626. The van der Waals surface area contributed by atoms with E-state index in [-0.39, 0.29) is 0 Å². The molecule has 0 saturated carbocycles. The van der Waals surface area contributed by atoms with E-state index >= 15 is 0 Å². The van der Waals surface area contributed by atoms with Crippen LogP contribution in [-0.4, -0.2) is 16.9 Å². The predicted octanol–water partition coefficient (Wildman–Crippen LogP) is 2.19. The first-order chi connectivity index (χ1) is 9.12. The number of aromatic nitrogens is 2. The van der Waals surface area contributed by atoms with Gasteiger partial charge < -0.3 is 9.47 Å². The summed E-state index contributed by atoms with van der Waals surface area (Å²) in [5.74, 6) is 1.21. The summed E-state index contributed by atoms with van der Waals surface area (Å²) in [4.78, 5) is 0. The van der Waals surface area contributed by atoms with Crippen molar-refractivity contribution in [3.8, 4) is 17.6 Å². The molecule has 0 aliphatic rings. The molecule has 0 unspecified atom stereocenters. The zero-order valence-corrected chi connectivity index (χ0v) is 11.2. The van der Waals surface area contributed by atoms with E-state index in [4.69, 9.17) is 14.7 Å². The molecule has 1 aromatic carbocycles. The molecule has 2 rings (SSSR count). The van der Waals surface area contributed by atoms with Crippen LogP contribution in [0.5, 0.6) is 11.5 Å². The topological polar surface area (TPSA) is 60.1 Å². The molecule has 0 radical (unpaired) electrons. The smallest absolute Gasteiger partial charge is 0.130 e. The number of hydrogen-bond acceptors (Lipinski definition) is 4. The molecule has 0 bridgehead atoms. The Morgan fingerprint density at radius 1 is 1.26 bits per heavy atom. The number of aryl methyl sites for hydroxylation is 2. The molecule has 0 N–H and O–H groups in total. The lowest BCUT2D eigenvalue weighted by molar-refractivity contribution is 0.292. The molecule has 0 atom stereocenters. The van der Waals surface area contributed by atoms with Gasteiger partial charge >= 0.3 is 0 Å². The quantitative estimate of drug-likeness (QED) is 0.842. The fourth-order valence-corrected chi connectivity index (χ4v) is 1.79.